The van der Waals surface area contributed by atoms with Crippen LogP contribution in [0.2, 0.25) is 0 Å². The van der Waals surface area contributed by atoms with E-state index in [-0.39, 0.29) is 11.4 Å². The van der Waals surface area contributed by atoms with Gasteiger partial charge in [0.25, 0.3) is 12.3 Å². The SMILES string of the molecule is C=C1N(Cc2cnn(C)c2)C(=O)c2cc(SNC3(C)CC3)sc2N1Cc1cnn(CC(F)F)c1. The lowest BCUT2D eigenvalue weighted by atomic mass is 10.1. The van der Waals surface area contributed by atoms with Gasteiger partial charge in [-0.25, -0.2) is 8.78 Å². The average molecular weight is 506 g/mol. The summed E-state index contributed by atoms with van der Waals surface area (Å²) in [6, 6.07) is 1.92. The number of alkyl halides is 2. The fourth-order valence-electron chi connectivity index (χ4n) is 3.73. The smallest absolute Gasteiger partial charge is 0.262 e. The number of anilines is 1. The number of carbonyl (C=O) groups excluding carboxylic acids is 1. The minimum atomic E-state index is -2.48. The number of fused-ring (bicyclic) bond motifs is 1. The number of carbonyl (C=O) groups is 1. The quantitative estimate of drug-likeness (QED) is 0.439. The molecule has 0 bridgehead atoms. The van der Waals surface area contributed by atoms with Crippen molar-refractivity contribution in [1.29, 1.82) is 0 Å². The number of thiophene rings is 1. The largest absolute Gasteiger partial charge is 0.315 e. The van der Waals surface area contributed by atoms with E-state index in [4.69, 9.17) is 0 Å². The fraction of sp³-hybridized carbons (Fsp3) is 0.409. The predicted molar refractivity (Wildman–Crippen MR) is 128 cm³/mol. The van der Waals surface area contributed by atoms with E-state index in [1.807, 2.05) is 24.2 Å². The summed E-state index contributed by atoms with van der Waals surface area (Å²) in [5, 5.41) is 9.05. The Kier molecular flexibility index (Phi) is 5.98. The van der Waals surface area contributed by atoms with E-state index >= 15 is 0 Å². The molecule has 1 amide bonds. The summed E-state index contributed by atoms with van der Waals surface area (Å²) in [7, 11) is 1.83. The maximum atomic E-state index is 13.5. The van der Waals surface area contributed by atoms with Crippen molar-refractivity contribution < 1.29 is 13.6 Å². The summed E-state index contributed by atoms with van der Waals surface area (Å²) in [5.74, 6) is 0.415. The lowest BCUT2D eigenvalue weighted by Crippen LogP contribution is -2.42. The van der Waals surface area contributed by atoms with Crippen LogP contribution < -0.4 is 9.62 Å². The standard InChI is InChI=1S/C22H25F2N7OS2/c1-14-30(11-15-7-25-28(3)9-15)20(32)17-6-19(34-27-22(2)4-5-22)33-21(17)31(14)12-16-8-26-29(10-16)13-18(23)24/h6-10,18,27H,1,4-5,11-13H2,2-3H3. The zero-order valence-corrected chi connectivity index (χ0v) is 20.5. The van der Waals surface area contributed by atoms with E-state index in [1.165, 1.54) is 16.0 Å². The summed E-state index contributed by atoms with van der Waals surface area (Å²) in [6.07, 6.45) is 6.57. The molecule has 0 unspecified atom stereocenters. The first-order valence-electron chi connectivity index (χ1n) is 10.8. The first kappa shape index (κ1) is 23.1. The molecular weight excluding hydrogens is 480 g/mol. The summed E-state index contributed by atoms with van der Waals surface area (Å²) in [5.41, 5.74) is 2.40. The van der Waals surface area contributed by atoms with Crippen molar-refractivity contribution in [3.05, 3.63) is 59.9 Å². The zero-order valence-electron chi connectivity index (χ0n) is 18.9. The highest BCUT2D eigenvalue weighted by molar-refractivity contribution is 7.99. The summed E-state index contributed by atoms with van der Waals surface area (Å²) in [4.78, 5) is 17.1. The number of nitrogens with one attached hydrogen (secondary N) is 1. The number of aromatic nitrogens is 4. The minimum absolute atomic E-state index is 0.116. The topological polar surface area (TPSA) is 71.2 Å². The molecule has 4 heterocycles. The van der Waals surface area contributed by atoms with Gasteiger partial charge >= 0.3 is 0 Å². The number of amides is 1. The highest BCUT2D eigenvalue weighted by Gasteiger charge is 2.39. The maximum absolute atomic E-state index is 13.5. The molecule has 3 aromatic heterocycles. The van der Waals surface area contributed by atoms with Gasteiger partial charge < -0.3 is 4.90 Å². The van der Waals surface area contributed by atoms with Crippen LogP contribution in [0.4, 0.5) is 13.8 Å². The minimum Gasteiger partial charge on any atom is -0.315 e. The second-order valence-electron chi connectivity index (χ2n) is 8.93. The highest BCUT2D eigenvalue weighted by Crippen LogP contribution is 2.45. The molecule has 1 N–H and O–H groups in total. The first-order chi connectivity index (χ1) is 16.2. The van der Waals surface area contributed by atoms with Crippen LogP contribution in [0, 0.1) is 0 Å². The van der Waals surface area contributed by atoms with Gasteiger partial charge in [0, 0.05) is 36.1 Å². The lowest BCUT2D eigenvalue weighted by Gasteiger charge is -2.37. The van der Waals surface area contributed by atoms with Crippen LogP contribution in [0.1, 0.15) is 41.3 Å². The first-order valence-corrected chi connectivity index (χ1v) is 12.5. The molecule has 12 heteroatoms. The van der Waals surface area contributed by atoms with Gasteiger partial charge in [0.15, 0.2) is 0 Å². The Labute approximate surface area is 204 Å². The van der Waals surface area contributed by atoms with Crippen LogP contribution >= 0.6 is 23.3 Å². The van der Waals surface area contributed by atoms with Gasteiger partial charge in [-0.1, -0.05) is 6.58 Å². The van der Waals surface area contributed by atoms with E-state index in [0.29, 0.717) is 24.5 Å². The molecule has 1 saturated carbocycles. The van der Waals surface area contributed by atoms with Gasteiger partial charge in [0.05, 0.1) is 35.3 Å². The van der Waals surface area contributed by atoms with Crippen LogP contribution in [0.25, 0.3) is 0 Å². The van der Waals surface area contributed by atoms with Crippen molar-refractivity contribution in [1.82, 2.24) is 29.2 Å². The number of rotatable bonds is 9. The summed E-state index contributed by atoms with van der Waals surface area (Å²) >= 11 is 3.07. The molecule has 2 aliphatic rings. The molecule has 0 atom stereocenters. The van der Waals surface area contributed by atoms with Crippen molar-refractivity contribution in [3.63, 3.8) is 0 Å². The van der Waals surface area contributed by atoms with Crippen LogP contribution in [-0.2, 0) is 26.7 Å². The molecule has 1 aliphatic heterocycles. The third kappa shape index (κ3) is 4.75. The van der Waals surface area contributed by atoms with Gasteiger partial charge in [-0.2, -0.15) is 10.2 Å². The molecule has 0 spiro atoms. The second kappa shape index (κ2) is 8.82. The lowest BCUT2D eigenvalue weighted by molar-refractivity contribution is 0.0783. The van der Waals surface area contributed by atoms with Gasteiger partial charge in [-0.05, 0) is 37.8 Å². The number of hydrogen-bond donors (Lipinski definition) is 1. The molecule has 5 rings (SSSR count). The summed E-state index contributed by atoms with van der Waals surface area (Å²) in [6.45, 7) is 6.65. The molecule has 1 fully saturated rings. The Morgan fingerprint density at radius 2 is 1.91 bits per heavy atom. The number of halogens is 2. The van der Waals surface area contributed by atoms with E-state index in [1.54, 1.807) is 40.1 Å². The highest BCUT2D eigenvalue weighted by atomic mass is 32.2. The van der Waals surface area contributed by atoms with Crippen molar-refractivity contribution in [3.8, 4) is 0 Å². The van der Waals surface area contributed by atoms with Gasteiger partial charge in [0.1, 0.15) is 17.4 Å². The van der Waals surface area contributed by atoms with Crippen molar-refractivity contribution in [2.24, 2.45) is 7.05 Å². The monoisotopic (exact) mass is 505 g/mol. The van der Waals surface area contributed by atoms with Gasteiger partial charge in [-0.3, -0.25) is 23.8 Å². The van der Waals surface area contributed by atoms with E-state index < -0.39 is 13.0 Å². The number of nitrogens with zero attached hydrogens (tertiary/aromatic N) is 6. The van der Waals surface area contributed by atoms with Crippen LogP contribution in [-0.4, -0.2) is 42.3 Å². The maximum Gasteiger partial charge on any atom is 0.262 e. The molecule has 0 radical (unpaired) electrons. The van der Waals surface area contributed by atoms with Crippen molar-refractivity contribution in [2.75, 3.05) is 4.90 Å². The molecule has 3 aromatic rings. The molecule has 0 aromatic carbocycles. The van der Waals surface area contributed by atoms with E-state index in [0.717, 1.165) is 33.2 Å². The Balaban J connectivity index is 1.44. The molecular formula is C22H25F2N7OS2. The molecule has 0 saturated heterocycles. The second-order valence-corrected chi connectivity index (χ2v) is 11.1. The normalized spacial score (nSPS) is 17.1. The molecule has 34 heavy (non-hydrogen) atoms. The number of aryl methyl sites for hydroxylation is 1. The zero-order chi connectivity index (χ0) is 24.0. The number of hydrogen-bond acceptors (Lipinski definition) is 7. The van der Waals surface area contributed by atoms with Gasteiger partial charge in [0.2, 0.25) is 0 Å². The van der Waals surface area contributed by atoms with Crippen molar-refractivity contribution >= 4 is 34.2 Å². The van der Waals surface area contributed by atoms with E-state index in [9.17, 15) is 13.6 Å². The Hall–Kier alpha value is -2.70. The molecule has 180 valence electrons. The third-order valence-electron chi connectivity index (χ3n) is 5.88. The van der Waals surface area contributed by atoms with Crippen LogP contribution in [0.5, 0.6) is 0 Å². The Bertz CT molecular complexity index is 1230. The predicted octanol–water partition coefficient (Wildman–Crippen LogP) is 4.23. The van der Waals surface area contributed by atoms with Crippen LogP contribution in [0.3, 0.4) is 0 Å². The van der Waals surface area contributed by atoms with Gasteiger partial charge in [-0.15, -0.1) is 11.3 Å². The fourth-order valence-corrected chi connectivity index (χ4v) is 5.89. The Morgan fingerprint density at radius 3 is 2.59 bits per heavy atom. The molecule has 8 nitrogen and oxygen atoms in total. The Morgan fingerprint density at radius 1 is 1.21 bits per heavy atom. The third-order valence-corrected chi connectivity index (χ3v) is 8.25. The van der Waals surface area contributed by atoms with Crippen molar-refractivity contribution in [2.45, 2.75) is 55.6 Å². The molecule has 1 aliphatic carbocycles. The van der Waals surface area contributed by atoms with Crippen LogP contribution in [0.15, 0.2) is 47.5 Å². The summed E-state index contributed by atoms with van der Waals surface area (Å²) < 4.78 is 32.9. The average Bonchev–Trinajstić information content (AvgIpc) is 3.15. The van der Waals surface area contributed by atoms with E-state index in [2.05, 4.69) is 28.4 Å².